The number of halogens is 1. The van der Waals surface area contributed by atoms with Crippen LogP contribution in [0.25, 0.3) is 0 Å². The van der Waals surface area contributed by atoms with Crippen molar-refractivity contribution in [3.63, 3.8) is 0 Å². The van der Waals surface area contributed by atoms with Crippen LogP contribution in [0.3, 0.4) is 0 Å². The highest BCUT2D eigenvalue weighted by molar-refractivity contribution is 6.30. The van der Waals surface area contributed by atoms with Gasteiger partial charge in [0.1, 0.15) is 18.0 Å². The highest BCUT2D eigenvalue weighted by Gasteiger charge is 2.41. The van der Waals surface area contributed by atoms with Gasteiger partial charge in [-0.05, 0) is 38.2 Å². The molecule has 1 atom stereocenters. The topological polar surface area (TPSA) is 63.1 Å². The van der Waals surface area contributed by atoms with Crippen molar-refractivity contribution in [1.29, 1.82) is 0 Å². The van der Waals surface area contributed by atoms with E-state index in [1.165, 1.54) is 5.56 Å². The maximum absolute atomic E-state index is 13.3. The van der Waals surface area contributed by atoms with Gasteiger partial charge in [-0.2, -0.15) is 5.10 Å². The number of benzene rings is 1. The summed E-state index contributed by atoms with van der Waals surface area (Å²) in [7, 11) is 4.03. The monoisotopic (exact) mass is 475 g/mol. The number of aromatic nitrogens is 2. The number of hydrogen-bond donors (Lipinski definition) is 0. The van der Waals surface area contributed by atoms with E-state index in [2.05, 4.69) is 28.1 Å². The molecule has 2 aliphatic heterocycles. The van der Waals surface area contributed by atoms with Gasteiger partial charge in [-0.15, -0.1) is 0 Å². The van der Waals surface area contributed by atoms with Crippen molar-refractivity contribution in [2.45, 2.75) is 25.5 Å². The van der Waals surface area contributed by atoms with Crippen LogP contribution < -0.4 is 4.74 Å². The standard InChI is InChI=1S/C24H34ClN5O3/c1-19-20(15-28(3)26-19)16-29-12-13-33-24(17-29,18-32-22-6-4-21(25)5-7-22)14-23(31)30-10-8-27(2)9-11-30/h4-7,15H,8-14,16-18H2,1-3H3/t24-/m1/s1. The summed E-state index contributed by atoms with van der Waals surface area (Å²) in [6, 6.07) is 7.30. The Bertz CT molecular complexity index is 942. The van der Waals surface area contributed by atoms with E-state index in [0.29, 0.717) is 31.2 Å². The van der Waals surface area contributed by atoms with Gasteiger partial charge in [-0.1, -0.05) is 11.6 Å². The molecule has 0 spiro atoms. The number of aryl methyl sites for hydroxylation is 2. The average molecular weight is 476 g/mol. The Balaban J connectivity index is 1.48. The van der Waals surface area contributed by atoms with E-state index in [1.807, 2.05) is 35.7 Å². The molecule has 0 N–H and O–H groups in total. The van der Waals surface area contributed by atoms with E-state index < -0.39 is 5.60 Å². The average Bonchev–Trinajstić information content (AvgIpc) is 3.10. The second-order valence-corrected chi connectivity index (χ2v) is 9.70. The molecule has 2 aromatic rings. The lowest BCUT2D eigenvalue weighted by Gasteiger charge is -2.43. The van der Waals surface area contributed by atoms with Gasteiger partial charge in [0.05, 0.1) is 18.7 Å². The summed E-state index contributed by atoms with van der Waals surface area (Å²) in [4.78, 5) is 19.8. The summed E-state index contributed by atoms with van der Waals surface area (Å²) in [5, 5.41) is 5.13. The molecular formula is C24H34ClN5O3. The third-order valence-electron chi connectivity index (χ3n) is 6.48. The molecule has 0 bridgehead atoms. The number of carbonyl (C=O) groups is 1. The van der Waals surface area contributed by atoms with Crippen LogP contribution >= 0.6 is 11.6 Å². The van der Waals surface area contributed by atoms with Crippen molar-refractivity contribution in [2.75, 3.05) is 59.5 Å². The van der Waals surface area contributed by atoms with Crippen LogP contribution in [-0.4, -0.2) is 95.5 Å². The van der Waals surface area contributed by atoms with Crippen LogP contribution in [0, 0.1) is 6.92 Å². The number of likely N-dealkylation sites (N-methyl/N-ethyl adjacent to an activating group) is 1. The van der Waals surface area contributed by atoms with Crippen LogP contribution in [0.2, 0.25) is 5.02 Å². The van der Waals surface area contributed by atoms with Crippen molar-refractivity contribution in [3.8, 4) is 5.75 Å². The van der Waals surface area contributed by atoms with Gasteiger partial charge in [-0.25, -0.2) is 0 Å². The van der Waals surface area contributed by atoms with Crippen LogP contribution in [0.15, 0.2) is 30.5 Å². The minimum Gasteiger partial charge on any atom is -0.491 e. The summed E-state index contributed by atoms with van der Waals surface area (Å²) >= 11 is 6.02. The molecule has 3 heterocycles. The number of piperazine rings is 1. The summed E-state index contributed by atoms with van der Waals surface area (Å²) in [6.45, 7) is 8.38. The van der Waals surface area contributed by atoms with Crippen molar-refractivity contribution < 1.29 is 14.3 Å². The van der Waals surface area contributed by atoms with Crippen molar-refractivity contribution in [3.05, 3.63) is 46.7 Å². The maximum atomic E-state index is 13.3. The molecule has 0 radical (unpaired) electrons. The first-order chi connectivity index (χ1) is 15.8. The number of rotatable bonds is 7. The molecule has 1 aromatic carbocycles. The normalized spacial score (nSPS) is 22.5. The number of nitrogens with zero attached hydrogens (tertiary/aromatic N) is 5. The quantitative estimate of drug-likeness (QED) is 0.611. The van der Waals surface area contributed by atoms with Crippen molar-refractivity contribution >= 4 is 17.5 Å². The van der Waals surface area contributed by atoms with Crippen LogP contribution in [-0.2, 0) is 23.1 Å². The molecule has 1 amide bonds. The second kappa shape index (κ2) is 10.4. The lowest BCUT2D eigenvalue weighted by molar-refractivity contribution is -0.157. The maximum Gasteiger partial charge on any atom is 0.225 e. The van der Waals surface area contributed by atoms with Gasteiger partial charge in [0.15, 0.2) is 0 Å². The zero-order chi connectivity index (χ0) is 23.4. The summed E-state index contributed by atoms with van der Waals surface area (Å²) in [5.41, 5.74) is 1.51. The first kappa shape index (κ1) is 24.0. The molecule has 0 unspecified atom stereocenters. The van der Waals surface area contributed by atoms with Crippen molar-refractivity contribution in [2.24, 2.45) is 7.05 Å². The molecule has 180 valence electrons. The fourth-order valence-electron chi connectivity index (χ4n) is 4.54. The predicted octanol–water partition coefficient (Wildman–Crippen LogP) is 2.20. The molecule has 0 saturated carbocycles. The van der Waals surface area contributed by atoms with Gasteiger partial charge < -0.3 is 19.3 Å². The Labute approximate surface area is 201 Å². The first-order valence-electron chi connectivity index (χ1n) is 11.5. The fraction of sp³-hybridized carbons (Fsp3) is 0.583. The number of hydrogen-bond acceptors (Lipinski definition) is 6. The molecule has 2 saturated heterocycles. The van der Waals surface area contributed by atoms with Gasteiger partial charge in [0.2, 0.25) is 5.91 Å². The summed E-state index contributed by atoms with van der Waals surface area (Å²) < 4.78 is 14.3. The zero-order valence-corrected chi connectivity index (χ0v) is 20.6. The molecule has 8 nitrogen and oxygen atoms in total. The van der Waals surface area contributed by atoms with Gasteiger partial charge >= 0.3 is 0 Å². The molecule has 9 heteroatoms. The van der Waals surface area contributed by atoms with E-state index in [1.54, 1.807) is 12.1 Å². The minimum absolute atomic E-state index is 0.127. The Morgan fingerprint density at radius 1 is 1.15 bits per heavy atom. The molecule has 2 fully saturated rings. The van der Waals surface area contributed by atoms with Crippen LogP contribution in [0.4, 0.5) is 0 Å². The number of ether oxygens (including phenoxy) is 2. The largest absolute Gasteiger partial charge is 0.491 e. The molecular weight excluding hydrogens is 442 g/mol. The van der Waals surface area contributed by atoms with Gasteiger partial charge in [-0.3, -0.25) is 14.4 Å². The first-order valence-corrected chi connectivity index (χ1v) is 11.9. The lowest BCUT2D eigenvalue weighted by Crippen LogP contribution is -2.58. The predicted molar refractivity (Wildman–Crippen MR) is 128 cm³/mol. The third-order valence-corrected chi connectivity index (χ3v) is 6.73. The van der Waals surface area contributed by atoms with Gasteiger partial charge in [0, 0.05) is 69.6 Å². The Kier molecular flexibility index (Phi) is 7.58. The number of carbonyl (C=O) groups excluding carboxylic acids is 1. The molecule has 4 rings (SSSR count). The van der Waals surface area contributed by atoms with E-state index in [0.717, 1.165) is 50.7 Å². The highest BCUT2D eigenvalue weighted by Crippen LogP contribution is 2.27. The SMILES string of the molecule is Cc1nn(C)cc1CN1CCO[C@](COc2ccc(Cl)cc2)(CC(=O)N2CCN(C)CC2)C1. The van der Waals surface area contributed by atoms with E-state index in [-0.39, 0.29) is 5.91 Å². The van der Waals surface area contributed by atoms with E-state index >= 15 is 0 Å². The lowest BCUT2D eigenvalue weighted by atomic mass is 9.96. The van der Waals surface area contributed by atoms with E-state index in [9.17, 15) is 4.79 Å². The molecule has 2 aliphatic rings. The van der Waals surface area contributed by atoms with Crippen LogP contribution in [0.1, 0.15) is 17.7 Å². The van der Waals surface area contributed by atoms with Gasteiger partial charge in [0.25, 0.3) is 0 Å². The Morgan fingerprint density at radius 2 is 1.88 bits per heavy atom. The zero-order valence-electron chi connectivity index (χ0n) is 19.8. The Morgan fingerprint density at radius 3 is 2.55 bits per heavy atom. The Hall–Kier alpha value is -2.13. The molecule has 0 aliphatic carbocycles. The second-order valence-electron chi connectivity index (χ2n) is 9.26. The highest BCUT2D eigenvalue weighted by atomic mass is 35.5. The fourth-order valence-corrected chi connectivity index (χ4v) is 4.66. The smallest absolute Gasteiger partial charge is 0.225 e. The van der Waals surface area contributed by atoms with Crippen LogP contribution in [0.5, 0.6) is 5.75 Å². The summed E-state index contributed by atoms with van der Waals surface area (Å²) in [5.74, 6) is 0.844. The third kappa shape index (κ3) is 6.26. The number of amides is 1. The number of morpholine rings is 1. The van der Waals surface area contributed by atoms with E-state index in [4.69, 9.17) is 21.1 Å². The minimum atomic E-state index is -0.714. The van der Waals surface area contributed by atoms with Crippen molar-refractivity contribution in [1.82, 2.24) is 24.5 Å². The summed E-state index contributed by atoms with van der Waals surface area (Å²) in [6.07, 6.45) is 2.36. The molecule has 1 aromatic heterocycles. The molecule has 33 heavy (non-hydrogen) atoms.